The Bertz CT molecular complexity index is 300. The second-order valence-corrected chi connectivity index (χ2v) is 4.72. The van der Waals surface area contributed by atoms with Gasteiger partial charge in [-0.05, 0) is 13.3 Å². The quantitative estimate of drug-likeness (QED) is 0.676. The molecule has 6 nitrogen and oxygen atoms in total. The molecular formula is C11H20N2O4. The van der Waals surface area contributed by atoms with Crippen LogP contribution in [0, 0.1) is 0 Å². The van der Waals surface area contributed by atoms with Crippen LogP contribution in [0.5, 0.6) is 0 Å². The number of hydrogen-bond acceptors (Lipinski definition) is 4. The highest BCUT2D eigenvalue weighted by Gasteiger charge is 2.43. The fraction of sp³-hybridized carbons (Fsp3) is 0.818. The van der Waals surface area contributed by atoms with E-state index < -0.39 is 17.6 Å². The van der Waals surface area contributed by atoms with Gasteiger partial charge in [-0.2, -0.15) is 0 Å². The van der Waals surface area contributed by atoms with Gasteiger partial charge in [-0.25, -0.2) is 4.79 Å². The van der Waals surface area contributed by atoms with E-state index in [1.165, 1.54) is 0 Å². The maximum atomic E-state index is 11.8. The molecule has 1 amide bonds. The van der Waals surface area contributed by atoms with Crippen molar-refractivity contribution in [1.29, 1.82) is 0 Å². The van der Waals surface area contributed by atoms with Gasteiger partial charge in [0.2, 0.25) is 5.91 Å². The molecule has 0 radical (unpaired) electrons. The molecule has 1 fully saturated rings. The smallest absolute Gasteiger partial charge is 0.329 e. The van der Waals surface area contributed by atoms with Crippen molar-refractivity contribution in [2.45, 2.75) is 38.3 Å². The summed E-state index contributed by atoms with van der Waals surface area (Å²) in [4.78, 5) is 23.8. The van der Waals surface area contributed by atoms with E-state index in [-0.39, 0.29) is 12.5 Å². The van der Waals surface area contributed by atoms with Crippen molar-refractivity contribution in [3.8, 4) is 0 Å². The van der Waals surface area contributed by atoms with E-state index >= 15 is 0 Å². The molecule has 98 valence electrons. The van der Waals surface area contributed by atoms with E-state index in [0.717, 1.165) is 6.42 Å². The summed E-state index contributed by atoms with van der Waals surface area (Å²) >= 11 is 0. The first-order valence-electron chi connectivity index (χ1n) is 5.78. The lowest BCUT2D eigenvalue weighted by Crippen LogP contribution is -2.65. The molecule has 1 saturated heterocycles. The van der Waals surface area contributed by atoms with Crippen LogP contribution in [-0.4, -0.2) is 53.2 Å². The number of carbonyl (C=O) groups is 2. The molecule has 17 heavy (non-hydrogen) atoms. The van der Waals surface area contributed by atoms with Crippen LogP contribution in [0.2, 0.25) is 0 Å². The van der Waals surface area contributed by atoms with Gasteiger partial charge in [0.15, 0.2) is 0 Å². The number of likely N-dealkylation sites (tertiary alicyclic amines) is 1. The lowest BCUT2D eigenvalue weighted by molar-refractivity contribution is -0.174. The van der Waals surface area contributed by atoms with Gasteiger partial charge in [-0.15, -0.1) is 0 Å². The Morgan fingerprint density at radius 3 is 2.59 bits per heavy atom. The number of carboxylic acids is 1. The molecule has 1 aliphatic rings. The topological polar surface area (TPSA) is 92.9 Å². The number of nitrogens with two attached hydrogens (primary N) is 1. The van der Waals surface area contributed by atoms with Gasteiger partial charge in [0.25, 0.3) is 0 Å². The number of rotatable bonds is 6. The summed E-state index contributed by atoms with van der Waals surface area (Å²) in [6.07, 6.45) is 1.54. The van der Waals surface area contributed by atoms with E-state index in [1.54, 1.807) is 11.8 Å². The maximum Gasteiger partial charge on any atom is 0.329 e. The predicted molar refractivity (Wildman–Crippen MR) is 61.5 cm³/mol. The Morgan fingerprint density at radius 1 is 1.53 bits per heavy atom. The molecule has 1 heterocycles. The second kappa shape index (κ2) is 5.46. The summed E-state index contributed by atoms with van der Waals surface area (Å²) in [7, 11) is 0. The fourth-order valence-electron chi connectivity index (χ4n) is 1.91. The van der Waals surface area contributed by atoms with Crippen molar-refractivity contribution in [2.24, 2.45) is 5.73 Å². The number of carboxylic acid groups (broad SMARTS) is 1. The molecule has 1 aliphatic heterocycles. The van der Waals surface area contributed by atoms with E-state index in [2.05, 4.69) is 0 Å². The van der Waals surface area contributed by atoms with Crippen LogP contribution in [0.3, 0.4) is 0 Å². The number of carbonyl (C=O) groups excluding carboxylic acids is 1. The van der Waals surface area contributed by atoms with Crippen molar-refractivity contribution in [3.63, 3.8) is 0 Å². The molecule has 1 atom stereocenters. The van der Waals surface area contributed by atoms with E-state index in [0.29, 0.717) is 19.5 Å². The highest BCUT2D eigenvalue weighted by molar-refractivity contribution is 5.82. The van der Waals surface area contributed by atoms with Crippen molar-refractivity contribution in [3.05, 3.63) is 0 Å². The lowest BCUT2D eigenvalue weighted by atomic mass is 9.95. The molecule has 3 N–H and O–H groups in total. The van der Waals surface area contributed by atoms with Gasteiger partial charge in [0.05, 0.1) is 19.1 Å². The SMILES string of the molecule is CCC[C@H](N)C(=O)N1CC(C)(OCC(=O)O)C1. The fourth-order valence-corrected chi connectivity index (χ4v) is 1.91. The predicted octanol–water partition coefficient (Wildman–Crippen LogP) is -0.184. The van der Waals surface area contributed by atoms with Crippen LogP contribution in [0.4, 0.5) is 0 Å². The zero-order chi connectivity index (χ0) is 13.1. The van der Waals surface area contributed by atoms with E-state index in [1.807, 2.05) is 6.92 Å². The minimum absolute atomic E-state index is 0.0803. The second-order valence-electron chi connectivity index (χ2n) is 4.72. The molecule has 0 aromatic heterocycles. The molecule has 0 aliphatic carbocycles. The maximum absolute atomic E-state index is 11.8. The molecule has 0 bridgehead atoms. The summed E-state index contributed by atoms with van der Waals surface area (Å²) in [5, 5.41) is 8.50. The molecule has 1 rings (SSSR count). The molecule has 0 spiro atoms. The molecule has 0 saturated carbocycles. The van der Waals surface area contributed by atoms with Gasteiger partial charge in [-0.1, -0.05) is 13.3 Å². The standard InChI is InChI=1S/C11H20N2O4/c1-3-4-8(12)10(16)13-6-11(2,7-13)17-5-9(14)15/h8H,3-7,12H2,1-2H3,(H,14,15)/t8-/m0/s1. The van der Waals surface area contributed by atoms with E-state index in [4.69, 9.17) is 15.6 Å². The van der Waals surface area contributed by atoms with Crippen LogP contribution in [-0.2, 0) is 14.3 Å². The van der Waals surface area contributed by atoms with Crippen molar-refractivity contribution in [1.82, 2.24) is 4.90 Å². The summed E-state index contributed by atoms with van der Waals surface area (Å²) < 4.78 is 5.21. The molecule has 6 heteroatoms. The molecule has 0 unspecified atom stereocenters. The third kappa shape index (κ3) is 3.67. The first-order chi connectivity index (χ1) is 7.88. The Balaban J connectivity index is 2.34. The zero-order valence-corrected chi connectivity index (χ0v) is 10.3. The molecule has 0 aromatic rings. The van der Waals surface area contributed by atoms with Gasteiger partial charge in [0.1, 0.15) is 12.2 Å². The minimum Gasteiger partial charge on any atom is -0.480 e. The largest absolute Gasteiger partial charge is 0.480 e. The summed E-state index contributed by atoms with van der Waals surface area (Å²) in [5.74, 6) is -1.08. The Kier molecular flexibility index (Phi) is 4.47. The van der Waals surface area contributed by atoms with Crippen LogP contribution < -0.4 is 5.73 Å². The number of ether oxygens (including phenoxy) is 1. The van der Waals surface area contributed by atoms with Crippen LogP contribution >= 0.6 is 0 Å². The molecular weight excluding hydrogens is 224 g/mol. The van der Waals surface area contributed by atoms with Gasteiger partial charge >= 0.3 is 5.97 Å². The third-order valence-corrected chi connectivity index (χ3v) is 2.82. The highest BCUT2D eigenvalue weighted by atomic mass is 16.5. The van der Waals surface area contributed by atoms with Crippen LogP contribution in [0.15, 0.2) is 0 Å². The number of amides is 1. The first-order valence-corrected chi connectivity index (χ1v) is 5.78. The summed E-state index contributed by atoms with van der Waals surface area (Å²) in [5.41, 5.74) is 5.18. The van der Waals surface area contributed by atoms with Gasteiger partial charge in [0, 0.05) is 0 Å². The number of hydrogen-bond donors (Lipinski definition) is 2. The van der Waals surface area contributed by atoms with Crippen molar-refractivity contribution in [2.75, 3.05) is 19.7 Å². The first kappa shape index (κ1) is 13.9. The van der Waals surface area contributed by atoms with E-state index in [9.17, 15) is 9.59 Å². The molecule has 0 aromatic carbocycles. The summed E-state index contributed by atoms with van der Waals surface area (Å²) in [6, 6.07) is -0.455. The van der Waals surface area contributed by atoms with Crippen molar-refractivity contribution >= 4 is 11.9 Å². The van der Waals surface area contributed by atoms with Crippen LogP contribution in [0.1, 0.15) is 26.7 Å². The van der Waals surface area contributed by atoms with Gasteiger partial charge < -0.3 is 20.5 Å². The number of aliphatic carboxylic acids is 1. The zero-order valence-electron chi connectivity index (χ0n) is 10.3. The average molecular weight is 244 g/mol. The normalized spacial score (nSPS) is 19.6. The Labute approximate surface area is 101 Å². The highest BCUT2D eigenvalue weighted by Crippen LogP contribution is 2.25. The minimum atomic E-state index is -1.00. The van der Waals surface area contributed by atoms with Gasteiger partial charge in [-0.3, -0.25) is 4.79 Å². The lowest BCUT2D eigenvalue weighted by Gasteiger charge is -2.48. The Morgan fingerprint density at radius 2 is 2.12 bits per heavy atom. The monoisotopic (exact) mass is 244 g/mol. The van der Waals surface area contributed by atoms with Crippen LogP contribution in [0.25, 0.3) is 0 Å². The number of nitrogens with zero attached hydrogens (tertiary/aromatic N) is 1. The van der Waals surface area contributed by atoms with Crippen molar-refractivity contribution < 1.29 is 19.4 Å². The Hall–Kier alpha value is -1.14. The average Bonchev–Trinajstić information content (AvgIpc) is 2.22. The third-order valence-electron chi connectivity index (χ3n) is 2.82. The summed E-state index contributed by atoms with van der Waals surface area (Å²) in [6.45, 7) is 4.26.